The molecule has 2 aromatic carbocycles. The molecule has 0 aliphatic rings. The lowest BCUT2D eigenvalue weighted by molar-refractivity contribution is -0.120. The molecule has 0 saturated carbocycles. The lowest BCUT2D eigenvalue weighted by Crippen LogP contribution is -2.29. The first-order valence-electron chi connectivity index (χ1n) is 8.16. The van der Waals surface area contributed by atoms with Crippen molar-refractivity contribution in [1.29, 1.82) is 0 Å². The summed E-state index contributed by atoms with van der Waals surface area (Å²) in [5, 5.41) is 8.90. The fourth-order valence-electron chi connectivity index (χ4n) is 2.74. The van der Waals surface area contributed by atoms with Gasteiger partial charge in [0.2, 0.25) is 5.91 Å². The zero-order valence-corrected chi connectivity index (χ0v) is 14.5. The molecule has 2 aromatic heterocycles. The molecular formula is C19H17N3O2S. The van der Waals surface area contributed by atoms with E-state index in [-0.39, 0.29) is 18.2 Å². The Balaban J connectivity index is 1.39. The van der Waals surface area contributed by atoms with Gasteiger partial charge >= 0.3 is 0 Å². The van der Waals surface area contributed by atoms with Crippen LogP contribution in [0.1, 0.15) is 23.5 Å². The molecule has 0 unspecified atom stereocenters. The highest BCUT2D eigenvalue weighted by Crippen LogP contribution is 2.27. The molecule has 5 nitrogen and oxygen atoms in total. The van der Waals surface area contributed by atoms with Crippen LogP contribution >= 0.6 is 11.3 Å². The maximum absolute atomic E-state index is 12.3. The fourth-order valence-corrected chi connectivity index (χ4v) is 3.75. The van der Waals surface area contributed by atoms with Crippen LogP contribution in [0.3, 0.4) is 0 Å². The SMILES string of the molecule is C[C@H](CNC(=O)Cc1noc2ccccc12)c1nc2ccccc2s1. The Morgan fingerprint density at radius 3 is 2.88 bits per heavy atom. The summed E-state index contributed by atoms with van der Waals surface area (Å²) in [7, 11) is 0. The van der Waals surface area contributed by atoms with Crippen molar-refractivity contribution in [3.63, 3.8) is 0 Å². The first-order valence-corrected chi connectivity index (χ1v) is 8.98. The minimum atomic E-state index is -0.0629. The van der Waals surface area contributed by atoms with Crippen LogP contribution in [0.4, 0.5) is 0 Å². The first kappa shape index (κ1) is 15.8. The third kappa shape index (κ3) is 3.25. The monoisotopic (exact) mass is 351 g/mol. The van der Waals surface area contributed by atoms with Crippen LogP contribution in [0.15, 0.2) is 53.1 Å². The Morgan fingerprint density at radius 2 is 2.00 bits per heavy atom. The first-order chi connectivity index (χ1) is 12.2. The molecule has 0 radical (unpaired) electrons. The number of amides is 1. The smallest absolute Gasteiger partial charge is 0.226 e. The molecule has 0 saturated heterocycles. The number of carbonyl (C=O) groups is 1. The van der Waals surface area contributed by atoms with E-state index in [4.69, 9.17) is 4.52 Å². The second-order valence-electron chi connectivity index (χ2n) is 6.03. The van der Waals surface area contributed by atoms with Crippen molar-refractivity contribution in [2.24, 2.45) is 0 Å². The molecule has 1 amide bonds. The molecular weight excluding hydrogens is 334 g/mol. The number of carbonyl (C=O) groups excluding carboxylic acids is 1. The predicted molar refractivity (Wildman–Crippen MR) is 98.8 cm³/mol. The quantitative estimate of drug-likeness (QED) is 0.592. The largest absolute Gasteiger partial charge is 0.356 e. The highest BCUT2D eigenvalue weighted by Gasteiger charge is 2.15. The third-order valence-corrected chi connectivity index (χ3v) is 5.39. The summed E-state index contributed by atoms with van der Waals surface area (Å²) in [6.07, 6.45) is 0.212. The van der Waals surface area contributed by atoms with E-state index < -0.39 is 0 Å². The zero-order chi connectivity index (χ0) is 17.2. The van der Waals surface area contributed by atoms with Crippen molar-refractivity contribution >= 4 is 38.4 Å². The highest BCUT2D eigenvalue weighted by molar-refractivity contribution is 7.18. The summed E-state index contributed by atoms with van der Waals surface area (Å²) in [4.78, 5) is 16.9. The molecule has 0 aliphatic carbocycles. The molecule has 0 bridgehead atoms. The Morgan fingerprint density at radius 1 is 1.20 bits per heavy atom. The number of rotatable bonds is 5. The summed E-state index contributed by atoms with van der Waals surface area (Å²) >= 11 is 1.67. The molecule has 0 fully saturated rings. The number of aromatic nitrogens is 2. The summed E-state index contributed by atoms with van der Waals surface area (Å²) < 4.78 is 6.41. The molecule has 0 aliphatic heterocycles. The van der Waals surface area contributed by atoms with Gasteiger partial charge in [0.05, 0.1) is 21.6 Å². The van der Waals surface area contributed by atoms with Gasteiger partial charge in [-0.25, -0.2) is 4.98 Å². The number of benzene rings is 2. The maximum Gasteiger partial charge on any atom is 0.226 e. The predicted octanol–water partition coefficient (Wildman–Crippen LogP) is 3.90. The van der Waals surface area contributed by atoms with Gasteiger partial charge in [0.1, 0.15) is 5.69 Å². The van der Waals surface area contributed by atoms with Crippen molar-refractivity contribution in [1.82, 2.24) is 15.5 Å². The van der Waals surface area contributed by atoms with Crippen LogP contribution in [-0.4, -0.2) is 22.6 Å². The van der Waals surface area contributed by atoms with Crippen LogP contribution in [0, 0.1) is 0 Å². The topological polar surface area (TPSA) is 68.0 Å². The van der Waals surface area contributed by atoms with E-state index in [0.717, 1.165) is 15.9 Å². The summed E-state index contributed by atoms with van der Waals surface area (Å²) in [5.74, 6) is 0.0995. The van der Waals surface area contributed by atoms with Crippen LogP contribution < -0.4 is 5.32 Å². The number of nitrogens with zero attached hydrogens (tertiary/aromatic N) is 2. The molecule has 6 heteroatoms. The van der Waals surface area contributed by atoms with Gasteiger partial charge in [-0.05, 0) is 24.3 Å². The molecule has 0 spiro atoms. The van der Waals surface area contributed by atoms with E-state index >= 15 is 0 Å². The molecule has 1 atom stereocenters. The lowest BCUT2D eigenvalue weighted by Gasteiger charge is -2.09. The Hall–Kier alpha value is -2.73. The van der Waals surface area contributed by atoms with Crippen LogP contribution in [0.2, 0.25) is 0 Å². The van der Waals surface area contributed by atoms with Gasteiger partial charge in [0.15, 0.2) is 5.58 Å². The zero-order valence-electron chi connectivity index (χ0n) is 13.7. The highest BCUT2D eigenvalue weighted by atomic mass is 32.1. The van der Waals surface area contributed by atoms with E-state index in [9.17, 15) is 4.79 Å². The summed E-state index contributed by atoms with van der Waals surface area (Å²) in [6.45, 7) is 2.62. The van der Waals surface area contributed by atoms with Crippen LogP contribution in [0.5, 0.6) is 0 Å². The average Bonchev–Trinajstić information content (AvgIpc) is 3.24. The Labute approximate surface area is 148 Å². The summed E-state index contributed by atoms with van der Waals surface area (Å²) in [5.41, 5.74) is 2.38. The minimum absolute atomic E-state index is 0.0629. The van der Waals surface area contributed by atoms with E-state index in [1.54, 1.807) is 11.3 Å². The fraction of sp³-hybridized carbons (Fsp3) is 0.211. The lowest BCUT2D eigenvalue weighted by atomic mass is 10.1. The van der Waals surface area contributed by atoms with Crippen molar-refractivity contribution in [2.75, 3.05) is 6.54 Å². The molecule has 1 N–H and O–H groups in total. The van der Waals surface area contributed by atoms with E-state index in [2.05, 4.69) is 28.4 Å². The second kappa shape index (κ2) is 6.64. The van der Waals surface area contributed by atoms with Gasteiger partial charge < -0.3 is 9.84 Å². The molecule has 126 valence electrons. The van der Waals surface area contributed by atoms with Gasteiger partial charge in [0, 0.05) is 17.8 Å². The molecule has 2 heterocycles. The number of para-hydroxylation sites is 2. The van der Waals surface area contributed by atoms with Gasteiger partial charge in [0.25, 0.3) is 0 Å². The standard InChI is InChI=1S/C19H17N3O2S/c1-12(19-21-14-7-3-5-9-17(14)25-19)11-20-18(23)10-15-13-6-2-4-8-16(13)24-22-15/h2-9,12H,10-11H2,1H3,(H,20,23)/t12-/m1/s1. The number of thiazole rings is 1. The molecule has 4 aromatic rings. The second-order valence-corrected chi connectivity index (χ2v) is 7.09. The average molecular weight is 351 g/mol. The van der Waals surface area contributed by atoms with Crippen molar-refractivity contribution in [3.8, 4) is 0 Å². The minimum Gasteiger partial charge on any atom is -0.356 e. The third-order valence-electron chi connectivity index (χ3n) is 4.12. The van der Waals surface area contributed by atoms with Crippen molar-refractivity contribution < 1.29 is 9.32 Å². The normalized spacial score (nSPS) is 12.5. The number of fused-ring (bicyclic) bond motifs is 2. The number of hydrogen-bond donors (Lipinski definition) is 1. The van der Waals surface area contributed by atoms with E-state index in [1.807, 2.05) is 42.5 Å². The number of hydrogen-bond acceptors (Lipinski definition) is 5. The van der Waals surface area contributed by atoms with E-state index in [1.165, 1.54) is 4.70 Å². The molecule has 4 rings (SSSR count). The van der Waals surface area contributed by atoms with Crippen molar-refractivity contribution in [3.05, 3.63) is 59.2 Å². The van der Waals surface area contributed by atoms with Crippen LogP contribution in [-0.2, 0) is 11.2 Å². The number of nitrogens with one attached hydrogen (secondary N) is 1. The van der Waals surface area contributed by atoms with Crippen molar-refractivity contribution in [2.45, 2.75) is 19.3 Å². The molecule has 25 heavy (non-hydrogen) atoms. The van der Waals surface area contributed by atoms with Gasteiger partial charge in [-0.3, -0.25) is 4.79 Å². The van der Waals surface area contributed by atoms with E-state index in [0.29, 0.717) is 17.8 Å². The van der Waals surface area contributed by atoms with Crippen LogP contribution in [0.25, 0.3) is 21.2 Å². The maximum atomic E-state index is 12.3. The van der Waals surface area contributed by atoms with Gasteiger partial charge in [-0.1, -0.05) is 36.3 Å². The Kier molecular flexibility index (Phi) is 4.19. The summed E-state index contributed by atoms with van der Waals surface area (Å²) in [6, 6.07) is 15.6. The Bertz CT molecular complexity index is 1000. The van der Waals surface area contributed by atoms with Gasteiger partial charge in [-0.2, -0.15) is 0 Å². The van der Waals surface area contributed by atoms with Gasteiger partial charge in [-0.15, -0.1) is 11.3 Å².